The number of carbonyl (C=O) groups excluding carboxylic acids is 1. The van der Waals surface area contributed by atoms with Crippen LogP contribution in [0.3, 0.4) is 0 Å². The summed E-state index contributed by atoms with van der Waals surface area (Å²) in [5, 5.41) is 15.4. The topological polar surface area (TPSA) is 93.5 Å². The first-order valence-corrected chi connectivity index (χ1v) is 8.14. The molecule has 3 heterocycles. The Balaban J connectivity index is 1.51. The lowest BCUT2D eigenvalue weighted by atomic mass is 9.82. The standard InChI is InChI=1S/C16H18F3N3O4/c1-8-7-11(16(17,18)19)21-22(8)6-2-5-20-14(23)12-9-3-4-10(26-9)13(12)15(24)25/h3-4,7,9-10,12-13H,2,5-6H2,1H3,(H,20,23)(H,24,25)/t9-,10+,12-,13-/m0/s1. The van der Waals surface area contributed by atoms with Crippen LogP contribution in [0.1, 0.15) is 17.8 Å². The lowest BCUT2D eigenvalue weighted by molar-refractivity contribution is -0.146. The molecule has 7 nitrogen and oxygen atoms in total. The maximum Gasteiger partial charge on any atom is 0.435 e. The van der Waals surface area contributed by atoms with E-state index in [2.05, 4.69) is 10.4 Å². The summed E-state index contributed by atoms with van der Waals surface area (Å²) in [5.41, 5.74) is -0.574. The Morgan fingerprint density at radius 2 is 1.96 bits per heavy atom. The fraction of sp³-hybridized carbons (Fsp3) is 0.562. The molecule has 1 aromatic heterocycles. The van der Waals surface area contributed by atoms with Crippen molar-refractivity contribution in [2.75, 3.05) is 6.54 Å². The van der Waals surface area contributed by atoms with Gasteiger partial charge in [0.05, 0.1) is 18.1 Å². The number of carboxylic acid groups (broad SMARTS) is 1. The third kappa shape index (κ3) is 3.46. The summed E-state index contributed by atoms with van der Waals surface area (Å²) in [6.07, 6.45) is -1.96. The maximum absolute atomic E-state index is 12.6. The second-order valence-corrected chi connectivity index (χ2v) is 6.38. The fourth-order valence-electron chi connectivity index (χ4n) is 3.35. The van der Waals surface area contributed by atoms with E-state index in [4.69, 9.17) is 4.74 Å². The van der Waals surface area contributed by atoms with Crippen LogP contribution in [0.25, 0.3) is 0 Å². The molecule has 10 heteroatoms. The second-order valence-electron chi connectivity index (χ2n) is 6.38. The minimum atomic E-state index is -4.49. The van der Waals surface area contributed by atoms with E-state index in [0.717, 1.165) is 6.07 Å². The summed E-state index contributed by atoms with van der Waals surface area (Å²) < 4.78 is 44.5. The second kappa shape index (κ2) is 6.75. The number of aliphatic carboxylic acids is 1. The van der Waals surface area contributed by atoms with Gasteiger partial charge in [0.2, 0.25) is 5.91 Å². The van der Waals surface area contributed by atoms with Crippen molar-refractivity contribution in [3.8, 4) is 0 Å². The molecule has 0 aliphatic carbocycles. The number of carboxylic acids is 1. The van der Waals surface area contributed by atoms with Crippen molar-refractivity contribution in [2.45, 2.75) is 38.3 Å². The SMILES string of the molecule is Cc1cc(C(F)(F)F)nn1CCCNC(=O)[C@@H]1[C@@H](C(=O)O)[C@H]2C=C[C@@H]1O2. The Morgan fingerprint density at radius 3 is 2.54 bits per heavy atom. The van der Waals surface area contributed by atoms with E-state index in [9.17, 15) is 27.9 Å². The van der Waals surface area contributed by atoms with Gasteiger partial charge in [-0.05, 0) is 19.4 Å². The van der Waals surface area contributed by atoms with Crippen molar-refractivity contribution in [3.63, 3.8) is 0 Å². The minimum absolute atomic E-state index is 0.198. The third-order valence-electron chi connectivity index (χ3n) is 4.60. The Hall–Kier alpha value is -2.36. The summed E-state index contributed by atoms with van der Waals surface area (Å²) in [6.45, 7) is 1.93. The normalized spacial score (nSPS) is 27.1. The van der Waals surface area contributed by atoms with Gasteiger partial charge in [-0.25, -0.2) is 0 Å². The van der Waals surface area contributed by atoms with Gasteiger partial charge < -0.3 is 15.2 Å². The molecular weight excluding hydrogens is 355 g/mol. The van der Waals surface area contributed by atoms with Crippen LogP contribution >= 0.6 is 0 Å². The fourth-order valence-corrected chi connectivity index (χ4v) is 3.35. The molecule has 0 saturated carbocycles. The van der Waals surface area contributed by atoms with E-state index in [1.807, 2.05) is 0 Å². The first-order valence-electron chi connectivity index (χ1n) is 8.14. The number of ether oxygens (including phenoxy) is 1. The molecule has 2 aliphatic heterocycles. The minimum Gasteiger partial charge on any atom is -0.481 e. The zero-order valence-electron chi connectivity index (χ0n) is 13.9. The zero-order valence-corrected chi connectivity index (χ0v) is 13.9. The molecule has 3 rings (SSSR count). The summed E-state index contributed by atoms with van der Waals surface area (Å²) >= 11 is 0. The van der Waals surface area contributed by atoms with Crippen LogP contribution < -0.4 is 5.32 Å². The van der Waals surface area contributed by atoms with E-state index in [1.165, 1.54) is 11.6 Å². The largest absolute Gasteiger partial charge is 0.481 e. The maximum atomic E-state index is 12.6. The van der Waals surface area contributed by atoms with Gasteiger partial charge >= 0.3 is 12.1 Å². The van der Waals surface area contributed by atoms with E-state index in [-0.39, 0.29) is 13.1 Å². The highest BCUT2D eigenvalue weighted by molar-refractivity contribution is 5.87. The average molecular weight is 373 g/mol. The highest BCUT2D eigenvalue weighted by Crippen LogP contribution is 2.39. The van der Waals surface area contributed by atoms with Crippen LogP contribution in [0, 0.1) is 18.8 Å². The quantitative estimate of drug-likeness (QED) is 0.580. The Kier molecular flexibility index (Phi) is 4.78. The predicted molar refractivity (Wildman–Crippen MR) is 82.0 cm³/mol. The van der Waals surface area contributed by atoms with Crippen LogP contribution in [0.5, 0.6) is 0 Å². The molecule has 2 N–H and O–H groups in total. The number of nitrogens with one attached hydrogen (secondary N) is 1. The van der Waals surface area contributed by atoms with Crippen LogP contribution in [-0.2, 0) is 27.0 Å². The Labute approximate surface area is 146 Å². The number of aromatic nitrogens is 2. The number of hydrogen-bond acceptors (Lipinski definition) is 4. The molecule has 2 aliphatic rings. The van der Waals surface area contributed by atoms with E-state index in [1.54, 1.807) is 12.2 Å². The van der Waals surface area contributed by atoms with E-state index in [0.29, 0.717) is 12.1 Å². The Bertz CT molecular complexity index is 744. The van der Waals surface area contributed by atoms with Crippen molar-refractivity contribution in [1.82, 2.24) is 15.1 Å². The van der Waals surface area contributed by atoms with Crippen molar-refractivity contribution in [1.29, 1.82) is 0 Å². The van der Waals surface area contributed by atoms with E-state index >= 15 is 0 Å². The number of carbonyl (C=O) groups is 2. The van der Waals surface area contributed by atoms with Crippen LogP contribution in [0.2, 0.25) is 0 Å². The number of alkyl halides is 3. The number of rotatable bonds is 6. The molecule has 0 unspecified atom stereocenters. The lowest BCUT2D eigenvalue weighted by Gasteiger charge is -2.21. The van der Waals surface area contributed by atoms with Gasteiger partial charge in [0, 0.05) is 18.8 Å². The number of nitrogens with zero attached hydrogens (tertiary/aromatic N) is 2. The monoisotopic (exact) mass is 373 g/mol. The van der Waals surface area contributed by atoms with Crippen molar-refractivity contribution in [3.05, 3.63) is 29.6 Å². The smallest absolute Gasteiger partial charge is 0.435 e. The van der Waals surface area contributed by atoms with Gasteiger partial charge in [0.1, 0.15) is 5.92 Å². The molecule has 1 aromatic rings. The van der Waals surface area contributed by atoms with Gasteiger partial charge in [0.15, 0.2) is 5.69 Å². The van der Waals surface area contributed by atoms with E-state index < -0.39 is 47.8 Å². The van der Waals surface area contributed by atoms with Crippen molar-refractivity contribution >= 4 is 11.9 Å². The number of halogens is 3. The molecule has 0 radical (unpaired) electrons. The third-order valence-corrected chi connectivity index (χ3v) is 4.60. The van der Waals surface area contributed by atoms with Gasteiger partial charge in [-0.15, -0.1) is 0 Å². The van der Waals surface area contributed by atoms with Crippen molar-refractivity contribution < 1.29 is 32.6 Å². The number of hydrogen-bond donors (Lipinski definition) is 2. The highest BCUT2D eigenvalue weighted by atomic mass is 19.4. The van der Waals surface area contributed by atoms with Crippen LogP contribution in [0.4, 0.5) is 13.2 Å². The summed E-state index contributed by atoms with van der Waals surface area (Å²) in [4.78, 5) is 23.6. The van der Waals surface area contributed by atoms with Gasteiger partial charge in [0.25, 0.3) is 0 Å². The van der Waals surface area contributed by atoms with Crippen molar-refractivity contribution in [2.24, 2.45) is 11.8 Å². The lowest BCUT2D eigenvalue weighted by Crippen LogP contribution is -2.42. The van der Waals surface area contributed by atoms with Crippen LogP contribution in [0.15, 0.2) is 18.2 Å². The number of amides is 1. The van der Waals surface area contributed by atoms with Gasteiger partial charge in [-0.3, -0.25) is 14.3 Å². The molecule has 4 atom stereocenters. The zero-order chi connectivity index (χ0) is 19.1. The molecule has 1 amide bonds. The molecule has 26 heavy (non-hydrogen) atoms. The summed E-state index contributed by atoms with van der Waals surface area (Å²) in [7, 11) is 0. The van der Waals surface area contributed by atoms with Crippen LogP contribution in [-0.4, -0.2) is 45.5 Å². The summed E-state index contributed by atoms with van der Waals surface area (Å²) in [6, 6.07) is 0.967. The molecule has 1 saturated heterocycles. The average Bonchev–Trinajstić information content (AvgIpc) is 3.24. The molecule has 0 spiro atoms. The molecule has 2 bridgehead atoms. The Morgan fingerprint density at radius 1 is 1.31 bits per heavy atom. The molecule has 0 aromatic carbocycles. The highest BCUT2D eigenvalue weighted by Gasteiger charge is 2.53. The first kappa shape index (κ1) is 18.4. The predicted octanol–water partition coefficient (Wildman–Crippen LogP) is 1.37. The van der Waals surface area contributed by atoms with Gasteiger partial charge in [-0.1, -0.05) is 12.2 Å². The molecular formula is C16H18F3N3O4. The van der Waals surface area contributed by atoms with Gasteiger partial charge in [-0.2, -0.15) is 18.3 Å². The molecule has 1 fully saturated rings. The molecule has 142 valence electrons. The number of fused-ring (bicyclic) bond motifs is 2. The number of aryl methyl sites for hydroxylation is 2. The first-order chi connectivity index (χ1) is 12.2. The summed E-state index contributed by atoms with van der Waals surface area (Å²) in [5.74, 6) is -3.24.